The number of hydrogen-bond donors (Lipinski definition) is 1. The van der Waals surface area contributed by atoms with E-state index in [1.807, 2.05) is 6.08 Å². The van der Waals surface area contributed by atoms with E-state index in [2.05, 4.69) is 6.58 Å². The number of benzene rings is 2. The summed E-state index contributed by atoms with van der Waals surface area (Å²) >= 11 is 5.93. The molecule has 1 aliphatic heterocycles. The summed E-state index contributed by atoms with van der Waals surface area (Å²) in [5.41, 5.74) is 0.430. The molecule has 172 valence electrons. The van der Waals surface area contributed by atoms with E-state index < -0.39 is 29.0 Å². The Bertz CT molecular complexity index is 1180. The highest BCUT2D eigenvalue weighted by atomic mass is 35.5. The number of ether oxygens (including phenoxy) is 2. The number of amides is 2. The van der Waals surface area contributed by atoms with Crippen molar-refractivity contribution in [2.45, 2.75) is 19.3 Å². The zero-order valence-electron chi connectivity index (χ0n) is 18.4. The summed E-state index contributed by atoms with van der Waals surface area (Å²) in [4.78, 5) is 28.4. The summed E-state index contributed by atoms with van der Waals surface area (Å²) in [5.74, 6) is -2.49. The van der Waals surface area contributed by atoms with Crippen molar-refractivity contribution in [2.24, 2.45) is 11.3 Å². The number of imide groups is 1. The highest BCUT2D eigenvalue weighted by Crippen LogP contribution is 2.58. The number of hydrogen-bond acceptors (Lipinski definition) is 5. The highest BCUT2D eigenvalue weighted by molar-refractivity contribution is 6.31. The van der Waals surface area contributed by atoms with Gasteiger partial charge in [0.2, 0.25) is 17.6 Å². The maximum Gasteiger partial charge on any atom is 0.241 e. The van der Waals surface area contributed by atoms with Crippen molar-refractivity contribution < 1.29 is 28.6 Å². The van der Waals surface area contributed by atoms with Gasteiger partial charge in [0.1, 0.15) is 5.82 Å². The van der Waals surface area contributed by atoms with E-state index in [1.165, 1.54) is 26.4 Å². The molecule has 0 unspecified atom stereocenters. The van der Waals surface area contributed by atoms with Gasteiger partial charge in [0, 0.05) is 5.92 Å². The molecule has 0 bridgehead atoms. The summed E-state index contributed by atoms with van der Waals surface area (Å²) < 4.78 is 24.3. The van der Waals surface area contributed by atoms with Gasteiger partial charge >= 0.3 is 0 Å². The molecular weight excluding hydrogens is 449 g/mol. The number of halogens is 2. The van der Waals surface area contributed by atoms with Gasteiger partial charge < -0.3 is 14.6 Å². The van der Waals surface area contributed by atoms with Crippen molar-refractivity contribution >= 4 is 29.1 Å². The molecule has 8 heteroatoms. The van der Waals surface area contributed by atoms with Gasteiger partial charge in [-0.25, -0.2) is 9.29 Å². The van der Waals surface area contributed by atoms with Crippen molar-refractivity contribution in [3.8, 4) is 17.2 Å². The van der Waals surface area contributed by atoms with E-state index in [-0.39, 0.29) is 33.9 Å². The number of methoxy groups -OCH3 is 2. The van der Waals surface area contributed by atoms with Gasteiger partial charge in [-0.05, 0) is 54.8 Å². The molecule has 0 saturated carbocycles. The summed E-state index contributed by atoms with van der Waals surface area (Å²) in [5, 5.41) is 10.2. The summed E-state index contributed by atoms with van der Waals surface area (Å²) in [7, 11) is 2.83. The van der Waals surface area contributed by atoms with Crippen LogP contribution in [0.25, 0.3) is 0 Å². The molecule has 1 fully saturated rings. The van der Waals surface area contributed by atoms with Crippen molar-refractivity contribution in [1.82, 2.24) is 0 Å². The van der Waals surface area contributed by atoms with E-state index >= 15 is 0 Å². The number of phenols is 1. The van der Waals surface area contributed by atoms with Crippen molar-refractivity contribution in [2.75, 3.05) is 19.1 Å². The van der Waals surface area contributed by atoms with Gasteiger partial charge in [0.15, 0.2) is 11.5 Å². The molecule has 0 aromatic heterocycles. The Morgan fingerprint density at radius 3 is 2.39 bits per heavy atom. The van der Waals surface area contributed by atoms with Gasteiger partial charge in [-0.3, -0.25) is 9.59 Å². The fourth-order valence-electron chi connectivity index (χ4n) is 4.98. The average Bonchev–Trinajstić information content (AvgIpc) is 3.00. The lowest BCUT2D eigenvalue weighted by Gasteiger charge is -2.40. The molecule has 2 aromatic carbocycles. The van der Waals surface area contributed by atoms with Crippen LogP contribution >= 0.6 is 11.6 Å². The second-order valence-electron chi connectivity index (χ2n) is 8.26. The molecule has 0 radical (unpaired) electrons. The molecule has 0 spiro atoms. The van der Waals surface area contributed by atoms with E-state index in [4.69, 9.17) is 21.1 Å². The number of nitrogens with zero attached hydrogens (tertiary/aromatic N) is 1. The first kappa shape index (κ1) is 22.9. The minimum absolute atomic E-state index is 0.165. The Kier molecular flexibility index (Phi) is 5.70. The third-order valence-corrected chi connectivity index (χ3v) is 6.95. The van der Waals surface area contributed by atoms with Gasteiger partial charge in [-0.2, -0.15) is 0 Å². The number of phenolic OH excluding ortho intramolecular Hbond substituents is 1. The molecule has 1 N–H and O–H groups in total. The Labute approximate surface area is 195 Å². The van der Waals surface area contributed by atoms with Crippen LogP contribution in [-0.2, 0) is 9.59 Å². The third-order valence-electron chi connectivity index (χ3n) is 6.66. The Morgan fingerprint density at radius 2 is 1.85 bits per heavy atom. The lowest BCUT2D eigenvalue weighted by atomic mass is 9.60. The largest absolute Gasteiger partial charge is 0.502 e. The lowest BCUT2D eigenvalue weighted by Crippen LogP contribution is -2.41. The van der Waals surface area contributed by atoms with Crippen LogP contribution in [0.5, 0.6) is 17.2 Å². The zero-order chi connectivity index (χ0) is 24.1. The normalized spacial score (nSPS) is 24.4. The summed E-state index contributed by atoms with van der Waals surface area (Å²) in [6, 6.07) is 7.02. The maximum absolute atomic E-state index is 13.9. The first-order valence-corrected chi connectivity index (χ1v) is 10.7. The van der Waals surface area contributed by atoms with Gasteiger partial charge in [0.05, 0.1) is 36.3 Å². The van der Waals surface area contributed by atoms with Crippen LogP contribution in [0.3, 0.4) is 0 Å². The van der Waals surface area contributed by atoms with E-state index in [0.29, 0.717) is 12.0 Å². The van der Waals surface area contributed by atoms with Crippen LogP contribution < -0.4 is 14.4 Å². The van der Waals surface area contributed by atoms with Crippen molar-refractivity contribution in [1.29, 1.82) is 0 Å². The molecule has 2 amide bonds. The molecule has 2 aliphatic rings. The van der Waals surface area contributed by atoms with Gasteiger partial charge in [0.25, 0.3) is 0 Å². The van der Waals surface area contributed by atoms with Gasteiger partial charge in [-0.1, -0.05) is 30.3 Å². The molecular formula is C25H23ClFNO5. The number of carbonyl (C=O) groups is 2. The SMILES string of the molecule is C=CC1=CC[C@H]2C(=O)N(c3ccc(F)c(Cl)c3)C(=O)[C@@]2(C)[C@H]1c1cc(OC)c(O)c(OC)c1. The predicted molar refractivity (Wildman–Crippen MR) is 122 cm³/mol. The second kappa shape index (κ2) is 8.23. The van der Waals surface area contributed by atoms with E-state index in [0.717, 1.165) is 16.5 Å². The predicted octanol–water partition coefficient (Wildman–Crippen LogP) is 5.00. The Hall–Kier alpha value is -3.32. The number of carbonyl (C=O) groups excluding carboxylic acids is 2. The summed E-state index contributed by atoms with van der Waals surface area (Å²) in [6.45, 7) is 5.65. The Morgan fingerprint density at radius 1 is 1.21 bits per heavy atom. The molecule has 1 aliphatic carbocycles. The van der Waals surface area contributed by atoms with Crippen LogP contribution in [0.15, 0.2) is 54.6 Å². The molecule has 33 heavy (non-hydrogen) atoms. The van der Waals surface area contributed by atoms with Crippen LogP contribution in [0, 0.1) is 17.2 Å². The van der Waals surface area contributed by atoms with E-state index in [1.54, 1.807) is 25.1 Å². The molecule has 1 saturated heterocycles. The average molecular weight is 472 g/mol. The number of aromatic hydroxyl groups is 1. The van der Waals surface area contributed by atoms with E-state index in [9.17, 15) is 19.1 Å². The molecule has 4 rings (SSSR count). The first-order chi connectivity index (χ1) is 15.7. The Balaban J connectivity index is 1.90. The minimum Gasteiger partial charge on any atom is -0.502 e. The highest BCUT2D eigenvalue weighted by Gasteiger charge is 2.62. The topological polar surface area (TPSA) is 76.1 Å². The van der Waals surface area contributed by atoms with Gasteiger partial charge in [-0.15, -0.1) is 0 Å². The standard InChI is InChI=1S/C25H23ClFNO5/c1-5-13-6-8-16-23(30)28(15-7-9-18(27)17(26)12-15)24(31)25(16,2)21(13)14-10-19(32-3)22(29)20(11-14)33-4/h5-7,9-12,16,21,29H,1,8H2,2-4H3/t16-,21+,25+/m0/s1. The van der Waals surface area contributed by atoms with Crippen LogP contribution in [0.1, 0.15) is 24.8 Å². The number of anilines is 1. The third kappa shape index (κ3) is 3.30. The maximum atomic E-state index is 13.9. The molecule has 1 heterocycles. The summed E-state index contributed by atoms with van der Waals surface area (Å²) in [6.07, 6.45) is 3.89. The number of rotatable bonds is 5. The van der Waals surface area contributed by atoms with Crippen molar-refractivity contribution in [3.63, 3.8) is 0 Å². The molecule has 2 aromatic rings. The molecule has 6 nitrogen and oxygen atoms in total. The first-order valence-electron chi connectivity index (χ1n) is 10.3. The quantitative estimate of drug-likeness (QED) is 0.621. The zero-order valence-corrected chi connectivity index (χ0v) is 19.1. The smallest absolute Gasteiger partial charge is 0.241 e. The molecule has 3 atom stereocenters. The monoisotopic (exact) mass is 471 g/mol. The lowest BCUT2D eigenvalue weighted by molar-refractivity contribution is -0.127. The van der Waals surface area contributed by atoms with Crippen molar-refractivity contribution in [3.05, 3.63) is 71.0 Å². The fourth-order valence-corrected chi connectivity index (χ4v) is 5.15. The fraction of sp³-hybridized carbons (Fsp3) is 0.280. The number of fused-ring (bicyclic) bond motifs is 1. The second-order valence-corrected chi connectivity index (χ2v) is 8.67. The van der Waals surface area contributed by atoms with Crippen LogP contribution in [0.2, 0.25) is 5.02 Å². The minimum atomic E-state index is -1.18. The van der Waals surface area contributed by atoms with Crippen LogP contribution in [0.4, 0.5) is 10.1 Å². The van der Waals surface area contributed by atoms with Crippen LogP contribution in [-0.4, -0.2) is 31.1 Å². The number of allylic oxidation sites excluding steroid dienone is 3.